The standard InChI is InChI=1S/C8H17NO3/c1-9(2,3)6-7(12-4)5-8(10)11/h7H,5-6H2,1-4H3/p+1/t7-/m1/s1. The number of nitrogens with zero attached hydrogens (tertiary/aromatic N) is 1. The highest BCUT2D eigenvalue weighted by Gasteiger charge is 2.19. The lowest BCUT2D eigenvalue weighted by atomic mass is 10.2. The van der Waals surface area contributed by atoms with Gasteiger partial charge in [0.05, 0.1) is 27.6 Å². The monoisotopic (exact) mass is 176 g/mol. The molecule has 0 unspecified atom stereocenters. The number of aliphatic carboxylic acids is 1. The molecule has 0 radical (unpaired) electrons. The van der Waals surface area contributed by atoms with Gasteiger partial charge < -0.3 is 14.3 Å². The summed E-state index contributed by atoms with van der Waals surface area (Å²) in [5.41, 5.74) is 0. The lowest BCUT2D eigenvalue weighted by Gasteiger charge is -2.27. The Hall–Kier alpha value is -0.610. The fraction of sp³-hybridized carbons (Fsp3) is 0.875. The molecule has 4 nitrogen and oxygen atoms in total. The SMILES string of the molecule is CO[C@H](CC(=O)O)C[N+](C)(C)C. The Morgan fingerprint density at radius 2 is 2.00 bits per heavy atom. The molecule has 0 aliphatic rings. The van der Waals surface area contributed by atoms with Crippen LogP contribution in [0, 0.1) is 0 Å². The summed E-state index contributed by atoms with van der Waals surface area (Å²) >= 11 is 0. The van der Waals surface area contributed by atoms with Gasteiger partial charge in [-0.2, -0.15) is 0 Å². The molecule has 12 heavy (non-hydrogen) atoms. The average molecular weight is 176 g/mol. The minimum Gasteiger partial charge on any atom is -0.481 e. The molecule has 0 rings (SSSR count). The molecule has 1 atom stereocenters. The van der Waals surface area contributed by atoms with Crippen molar-refractivity contribution in [3.05, 3.63) is 0 Å². The second kappa shape index (κ2) is 4.42. The Labute approximate surface area is 73.3 Å². The van der Waals surface area contributed by atoms with Crippen LogP contribution >= 0.6 is 0 Å². The lowest BCUT2D eigenvalue weighted by molar-refractivity contribution is -0.873. The van der Waals surface area contributed by atoms with Gasteiger partial charge in [0.25, 0.3) is 0 Å². The fourth-order valence-corrected chi connectivity index (χ4v) is 1.03. The van der Waals surface area contributed by atoms with E-state index < -0.39 is 5.97 Å². The lowest BCUT2D eigenvalue weighted by Crippen LogP contribution is -2.42. The molecule has 0 fully saturated rings. The summed E-state index contributed by atoms with van der Waals surface area (Å²) in [6.45, 7) is 0.711. The van der Waals surface area contributed by atoms with Gasteiger partial charge >= 0.3 is 5.97 Å². The van der Waals surface area contributed by atoms with Crippen LogP contribution < -0.4 is 0 Å². The van der Waals surface area contributed by atoms with Crippen LogP contribution in [0.4, 0.5) is 0 Å². The molecule has 0 saturated heterocycles. The largest absolute Gasteiger partial charge is 0.481 e. The first-order valence-corrected chi connectivity index (χ1v) is 3.90. The van der Waals surface area contributed by atoms with Crippen LogP contribution in [0.5, 0.6) is 0 Å². The molecule has 0 aliphatic carbocycles. The van der Waals surface area contributed by atoms with E-state index in [4.69, 9.17) is 9.84 Å². The van der Waals surface area contributed by atoms with E-state index in [1.807, 2.05) is 21.1 Å². The van der Waals surface area contributed by atoms with Gasteiger partial charge in [-0.05, 0) is 0 Å². The highest BCUT2D eigenvalue weighted by atomic mass is 16.5. The quantitative estimate of drug-likeness (QED) is 0.608. The zero-order valence-electron chi connectivity index (χ0n) is 8.20. The number of methoxy groups -OCH3 is 1. The summed E-state index contributed by atoms with van der Waals surface area (Å²) in [6, 6.07) is 0. The van der Waals surface area contributed by atoms with Gasteiger partial charge in [0, 0.05) is 7.11 Å². The van der Waals surface area contributed by atoms with Gasteiger partial charge in [0.1, 0.15) is 12.6 Å². The molecule has 0 spiro atoms. The Morgan fingerprint density at radius 3 is 2.25 bits per heavy atom. The number of quaternary nitrogens is 1. The summed E-state index contributed by atoms with van der Waals surface area (Å²) < 4.78 is 5.75. The number of ether oxygens (including phenoxy) is 1. The van der Waals surface area contributed by atoms with E-state index in [-0.39, 0.29) is 12.5 Å². The highest BCUT2D eigenvalue weighted by molar-refractivity contribution is 5.67. The normalized spacial score (nSPS) is 14.3. The van der Waals surface area contributed by atoms with Crippen molar-refractivity contribution in [1.82, 2.24) is 0 Å². The molecule has 0 bridgehead atoms. The molecule has 0 amide bonds. The van der Waals surface area contributed by atoms with E-state index in [9.17, 15) is 4.79 Å². The van der Waals surface area contributed by atoms with Gasteiger partial charge in [-0.3, -0.25) is 4.79 Å². The maximum atomic E-state index is 10.4. The zero-order valence-corrected chi connectivity index (χ0v) is 8.20. The first-order chi connectivity index (χ1) is 5.35. The predicted molar refractivity (Wildman–Crippen MR) is 45.9 cm³/mol. The van der Waals surface area contributed by atoms with E-state index in [1.165, 1.54) is 0 Å². The van der Waals surface area contributed by atoms with Crippen LogP contribution in [-0.2, 0) is 9.53 Å². The van der Waals surface area contributed by atoms with Crippen LogP contribution in [0.2, 0.25) is 0 Å². The van der Waals surface area contributed by atoms with E-state index in [0.717, 1.165) is 0 Å². The molecule has 0 aromatic carbocycles. The summed E-state index contributed by atoms with van der Waals surface area (Å²) in [6.07, 6.45) is -0.117. The van der Waals surface area contributed by atoms with Crippen LogP contribution in [-0.4, -0.2) is 56.5 Å². The molecule has 0 aliphatic heterocycles. The maximum absolute atomic E-state index is 10.4. The summed E-state index contributed by atoms with van der Waals surface area (Å²) in [5.74, 6) is -0.810. The second-order valence-corrected chi connectivity index (χ2v) is 3.93. The van der Waals surface area contributed by atoms with Crippen LogP contribution in [0.25, 0.3) is 0 Å². The molecular formula is C8H18NO3+. The molecule has 0 heterocycles. The molecule has 1 N–H and O–H groups in total. The minimum atomic E-state index is -0.810. The highest BCUT2D eigenvalue weighted by Crippen LogP contribution is 2.02. The van der Waals surface area contributed by atoms with E-state index in [0.29, 0.717) is 11.0 Å². The molecule has 0 aromatic heterocycles. The number of likely N-dealkylation sites (N-methyl/N-ethyl adjacent to an activating group) is 1. The summed E-state index contributed by atoms with van der Waals surface area (Å²) in [4.78, 5) is 10.4. The van der Waals surface area contributed by atoms with Gasteiger partial charge in [-0.25, -0.2) is 0 Å². The van der Waals surface area contributed by atoms with Gasteiger partial charge in [0.15, 0.2) is 0 Å². The van der Waals surface area contributed by atoms with Crippen molar-refractivity contribution in [2.24, 2.45) is 0 Å². The van der Waals surface area contributed by atoms with Crippen molar-refractivity contribution in [3.8, 4) is 0 Å². The van der Waals surface area contributed by atoms with Crippen molar-refractivity contribution in [2.75, 3.05) is 34.8 Å². The van der Waals surface area contributed by atoms with Crippen molar-refractivity contribution in [1.29, 1.82) is 0 Å². The van der Waals surface area contributed by atoms with Crippen molar-refractivity contribution >= 4 is 5.97 Å². The zero-order chi connectivity index (χ0) is 9.78. The van der Waals surface area contributed by atoms with Gasteiger partial charge in [-0.15, -0.1) is 0 Å². The molecule has 0 aromatic rings. The van der Waals surface area contributed by atoms with Crippen molar-refractivity contribution in [2.45, 2.75) is 12.5 Å². The second-order valence-electron chi connectivity index (χ2n) is 3.93. The van der Waals surface area contributed by atoms with E-state index >= 15 is 0 Å². The first-order valence-electron chi connectivity index (χ1n) is 3.90. The number of carbonyl (C=O) groups is 1. The van der Waals surface area contributed by atoms with Crippen molar-refractivity contribution < 1.29 is 19.1 Å². The van der Waals surface area contributed by atoms with Gasteiger partial charge in [-0.1, -0.05) is 0 Å². The molecule has 0 saturated carbocycles. The topological polar surface area (TPSA) is 46.5 Å². The smallest absolute Gasteiger partial charge is 0.306 e. The Morgan fingerprint density at radius 1 is 1.50 bits per heavy atom. The molecule has 72 valence electrons. The number of rotatable bonds is 5. The molecule has 4 heteroatoms. The Kier molecular flexibility index (Phi) is 4.20. The van der Waals surface area contributed by atoms with Crippen LogP contribution in [0.1, 0.15) is 6.42 Å². The average Bonchev–Trinajstić information content (AvgIpc) is 1.82. The van der Waals surface area contributed by atoms with E-state index in [2.05, 4.69) is 0 Å². The maximum Gasteiger partial charge on any atom is 0.306 e. The third kappa shape index (κ3) is 6.12. The molecular weight excluding hydrogens is 158 g/mol. The number of hydrogen-bond acceptors (Lipinski definition) is 2. The number of hydrogen-bond donors (Lipinski definition) is 1. The number of carboxylic acid groups (broad SMARTS) is 1. The summed E-state index contributed by atoms with van der Waals surface area (Å²) in [5, 5.41) is 8.52. The van der Waals surface area contributed by atoms with Crippen LogP contribution in [0.3, 0.4) is 0 Å². The Balaban J connectivity index is 3.92. The number of carboxylic acids is 1. The Bertz CT molecular complexity index is 151. The summed E-state index contributed by atoms with van der Waals surface area (Å²) in [7, 11) is 7.57. The van der Waals surface area contributed by atoms with Crippen LogP contribution in [0.15, 0.2) is 0 Å². The minimum absolute atomic E-state index is 0.0754. The van der Waals surface area contributed by atoms with Gasteiger partial charge in [0.2, 0.25) is 0 Å². The van der Waals surface area contributed by atoms with E-state index in [1.54, 1.807) is 7.11 Å². The first kappa shape index (κ1) is 11.4. The third-order valence-corrected chi connectivity index (χ3v) is 1.49. The van der Waals surface area contributed by atoms with Crippen molar-refractivity contribution in [3.63, 3.8) is 0 Å². The predicted octanol–water partition coefficient (Wildman–Crippen LogP) is 0.182. The fourth-order valence-electron chi connectivity index (χ4n) is 1.03. The third-order valence-electron chi connectivity index (χ3n) is 1.49.